The summed E-state index contributed by atoms with van der Waals surface area (Å²) < 4.78 is 9.86. The van der Waals surface area contributed by atoms with Crippen molar-refractivity contribution in [1.29, 1.82) is 0 Å². The van der Waals surface area contributed by atoms with E-state index in [1.807, 2.05) is 13.8 Å². The number of hydrogen-bond acceptors (Lipinski definition) is 3. The molecule has 0 aromatic heterocycles. The summed E-state index contributed by atoms with van der Waals surface area (Å²) in [6.45, 7) is 3.81. The highest BCUT2D eigenvalue weighted by Crippen LogP contribution is 2.08. The SMILES string of the molecule is C[C@@H]1OCC(=O)O[C@H]1C. The van der Waals surface area contributed by atoms with E-state index in [-0.39, 0.29) is 24.8 Å². The first-order chi connectivity index (χ1) is 4.20. The first kappa shape index (κ1) is 6.55. The molecule has 2 atom stereocenters. The van der Waals surface area contributed by atoms with Gasteiger partial charge in [0.1, 0.15) is 12.7 Å². The predicted octanol–water partition coefficient (Wildman–Crippen LogP) is 0.337. The quantitative estimate of drug-likeness (QED) is 0.443. The fourth-order valence-electron chi connectivity index (χ4n) is 0.672. The third-order valence-electron chi connectivity index (χ3n) is 1.44. The highest BCUT2D eigenvalue weighted by Gasteiger charge is 2.23. The Balaban J connectivity index is 2.44. The average Bonchev–Trinajstić information content (AvgIpc) is 1.80. The van der Waals surface area contributed by atoms with Crippen molar-refractivity contribution in [3.05, 3.63) is 0 Å². The first-order valence-corrected chi connectivity index (χ1v) is 3.01. The Morgan fingerprint density at radius 3 is 2.56 bits per heavy atom. The zero-order valence-corrected chi connectivity index (χ0v) is 5.59. The van der Waals surface area contributed by atoms with Crippen molar-refractivity contribution in [2.45, 2.75) is 26.1 Å². The van der Waals surface area contributed by atoms with E-state index >= 15 is 0 Å². The summed E-state index contributed by atoms with van der Waals surface area (Å²) in [6, 6.07) is 0. The normalized spacial score (nSPS) is 36.0. The highest BCUT2D eigenvalue weighted by atomic mass is 16.6. The van der Waals surface area contributed by atoms with Gasteiger partial charge in [0.05, 0.1) is 6.10 Å². The molecule has 0 radical (unpaired) electrons. The molecule has 0 amide bonds. The number of carbonyl (C=O) groups excluding carboxylic acids is 1. The molecule has 0 spiro atoms. The van der Waals surface area contributed by atoms with Gasteiger partial charge in [0.15, 0.2) is 0 Å². The Kier molecular flexibility index (Phi) is 1.71. The van der Waals surface area contributed by atoms with Gasteiger partial charge < -0.3 is 9.47 Å². The van der Waals surface area contributed by atoms with Crippen LogP contribution < -0.4 is 0 Å². The van der Waals surface area contributed by atoms with Gasteiger partial charge in [0.2, 0.25) is 0 Å². The largest absolute Gasteiger partial charge is 0.458 e. The summed E-state index contributed by atoms with van der Waals surface area (Å²) in [5, 5.41) is 0. The Bertz CT molecular complexity index is 121. The third-order valence-corrected chi connectivity index (χ3v) is 1.44. The van der Waals surface area contributed by atoms with Gasteiger partial charge in [0, 0.05) is 0 Å². The van der Waals surface area contributed by atoms with Crippen LogP contribution in [0.25, 0.3) is 0 Å². The molecule has 1 heterocycles. The van der Waals surface area contributed by atoms with Crippen molar-refractivity contribution in [2.75, 3.05) is 6.61 Å². The number of hydrogen-bond donors (Lipinski definition) is 0. The zero-order valence-electron chi connectivity index (χ0n) is 5.59. The molecule has 0 unspecified atom stereocenters. The molecule has 0 aromatic carbocycles. The van der Waals surface area contributed by atoms with E-state index in [2.05, 4.69) is 0 Å². The topological polar surface area (TPSA) is 35.5 Å². The van der Waals surface area contributed by atoms with Crippen LogP contribution in [0.15, 0.2) is 0 Å². The van der Waals surface area contributed by atoms with Crippen molar-refractivity contribution in [2.24, 2.45) is 0 Å². The van der Waals surface area contributed by atoms with E-state index in [1.165, 1.54) is 0 Å². The van der Waals surface area contributed by atoms with E-state index in [4.69, 9.17) is 9.47 Å². The van der Waals surface area contributed by atoms with E-state index in [1.54, 1.807) is 0 Å². The third kappa shape index (κ3) is 1.42. The van der Waals surface area contributed by atoms with Gasteiger partial charge in [-0.25, -0.2) is 4.79 Å². The highest BCUT2D eigenvalue weighted by molar-refractivity contribution is 5.71. The number of cyclic esters (lactones) is 1. The monoisotopic (exact) mass is 130 g/mol. The second-order valence-corrected chi connectivity index (χ2v) is 2.21. The lowest BCUT2D eigenvalue weighted by Gasteiger charge is -2.25. The van der Waals surface area contributed by atoms with Gasteiger partial charge in [-0.2, -0.15) is 0 Å². The summed E-state index contributed by atoms with van der Waals surface area (Å²) in [5.74, 6) is -0.263. The van der Waals surface area contributed by atoms with E-state index in [9.17, 15) is 4.79 Å². The summed E-state index contributed by atoms with van der Waals surface area (Å²) >= 11 is 0. The lowest BCUT2D eigenvalue weighted by Crippen LogP contribution is -2.37. The lowest BCUT2D eigenvalue weighted by atomic mass is 10.2. The van der Waals surface area contributed by atoms with Crippen LogP contribution in [-0.2, 0) is 14.3 Å². The summed E-state index contributed by atoms with van der Waals surface area (Å²) in [4.78, 5) is 10.5. The maximum atomic E-state index is 10.5. The van der Waals surface area contributed by atoms with Crippen molar-refractivity contribution < 1.29 is 14.3 Å². The van der Waals surface area contributed by atoms with Crippen molar-refractivity contribution in [3.63, 3.8) is 0 Å². The van der Waals surface area contributed by atoms with Crippen molar-refractivity contribution in [1.82, 2.24) is 0 Å². The smallest absolute Gasteiger partial charge is 0.332 e. The molecule has 3 heteroatoms. The second kappa shape index (κ2) is 2.35. The van der Waals surface area contributed by atoms with Gasteiger partial charge in [-0.05, 0) is 13.8 Å². The van der Waals surface area contributed by atoms with E-state index in [0.717, 1.165) is 0 Å². The lowest BCUT2D eigenvalue weighted by molar-refractivity contribution is -0.178. The molecule has 1 rings (SSSR count). The molecule has 0 aliphatic carbocycles. The Morgan fingerprint density at radius 2 is 2.11 bits per heavy atom. The summed E-state index contributed by atoms with van der Waals surface area (Å²) in [6.07, 6.45) is -0.0473. The van der Waals surface area contributed by atoms with Crippen molar-refractivity contribution in [3.8, 4) is 0 Å². The van der Waals surface area contributed by atoms with Gasteiger partial charge in [-0.1, -0.05) is 0 Å². The number of esters is 1. The average molecular weight is 130 g/mol. The van der Waals surface area contributed by atoms with Gasteiger partial charge in [-0.15, -0.1) is 0 Å². The fourth-order valence-corrected chi connectivity index (χ4v) is 0.672. The fraction of sp³-hybridized carbons (Fsp3) is 0.833. The number of carbonyl (C=O) groups is 1. The molecule has 0 saturated carbocycles. The van der Waals surface area contributed by atoms with Crippen LogP contribution in [0.1, 0.15) is 13.8 Å². The van der Waals surface area contributed by atoms with Crippen LogP contribution in [0.3, 0.4) is 0 Å². The Labute approximate surface area is 53.9 Å². The van der Waals surface area contributed by atoms with Crippen LogP contribution in [-0.4, -0.2) is 24.8 Å². The molecular formula is C6H10O3. The molecule has 0 bridgehead atoms. The van der Waals surface area contributed by atoms with Crippen LogP contribution in [0.5, 0.6) is 0 Å². The zero-order chi connectivity index (χ0) is 6.85. The molecule has 1 aliphatic rings. The summed E-state index contributed by atoms with van der Waals surface area (Å²) in [7, 11) is 0. The predicted molar refractivity (Wildman–Crippen MR) is 31.0 cm³/mol. The number of ether oxygens (including phenoxy) is 2. The molecule has 52 valence electrons. The molecule has 0 N–H and O–H groups in total. The molecule has 1 fully saturated rings. The molecule has 1 aliphatic heterocycles. The maximum absolute atomic E-state index is 10.5. The van der Waals surface area contributed by atoms with Gasteiger partial charge >= 0.3 is 5.97 Å². The van der Waals surface area contributed by atoms with E-state index < -0.39 is 0 Å². The van der Waals surface area contributed by atoms with Crippen LogP contribution in [0.4, 0.5) is 0 Å². The second-order valence-electron chi connectivity index (χ2n) is 2.21. The molecule has 9 heavy (non-hydrogen) atoms. The first-order valence-electron chi connectivity index (χ1n) is 3.01. The minimum absolute atomic E-state index is 0.0442. The van der Waals surface area contributed by atoms with Gasteiger partial charge in [-0.3, -0.25) is 0 Å². The Morgan fingerprint density at radius 1 is 1.44 bits per heavy atom. The van der Waals surface area contributed by atoms with Crippen LogP contribution >= 0.6 is 0 Å². The van der Waals surface area contributed by atoms with E-state index in [0.29, 0.717) is 0 Å². The molecule has 1 saturated heterocycles. The minimum Gasteiger partial charge on any atom is -0.458 e. The number of rotatable bonds is 0. The van der Waals surface area contributed by atoms with Crippen molar-refractivity contribution >= 4 is 5.97 Å². The molecule has 3 nitrogen and oxygen atoms in total. The Hall–Kier alpha value is -0.570. The maximum Gasteiger partial charge on any atom is 0.332 e. The molecule has 0 aromatic rings. The van der Waals surface area contributed by atoms with Gasteiger partial charge in [0.25, 0.3) is 0 Å². The minimum atomic E-state index is -0.263. The standard InChI is InChI=1S/C6H10O3/c1-4-5(2)9-6(7)3-8-4/h4-5H,3H2,1-2H3/t4-,5-/m0/s1. The summed E-state index contributed by atoms with van der Waals surface area (Å²) in [5.41, 5.74) is 0. The molecular weight excluding hydrogens is 120 g/mol. The van der Waals surface area contributed by atoms with Crippen LogP contribution in [0.2, 0.25) is 0 Å². The van der Waals surface area contributed by atoms with Crippen LogP contribution in [0, 0.1) is 0 Å².